The number of rotatable bonds is 8. The van der Waals surface area contributed by atoms with Crippen molar-refractivity contribution in [3.8, 4) is 0 Å². The Morgan fingerprint density at radius 3 is 1.53 bits per heavy atom. The van der Waals surface area contributed by atoms with Crippen molar-refractivity contribution in [2.45, 2.75) is 93.9 Å². The van der Waals surface area contributed by atoms with Crippen LogP contribution in [0.1, 0.15) is 93.9 Å². The van der Waals surface area contributed by atoms with Crippen molar-refractivity contribution in [3.05, 3.63) is 12.3 Å². The highest BCUT2D eigenvalue weighted by molar-refractivity contribution is 4.85. The van der Waals surface area contributed by atoms with Gasteiger partial charge >= 0.3 is 0 Å². The highest BCUT2D eigenvalue weighted by Gasteiger charge is 1.95. The van der Waals surface area contributed by atoms with Crippen LogP contribution in [0.25, 0.3) is 0 Å². The van der Waals surface area contributed by atoms with E-state index in [1.165, 1.54) is 50.8 Å². The van der Waals surface area contributed by atoms with Gasteiger partial charge in [-0.2, -0.15) is 0 Å². The molecule has 0 aromatic carbocycles. The van der Waals surface area contributed by atoms with E-state index in [0.29, 0.717) is 0 Å². The van der Waals surface area contributed by atoms with Gasteiger partial charge in [-0.05, 0) is 13.3 Å². The fraction of sp³-hybridized carbons (Fsp3) is 0.889. The molecule has 0 bridgehead atoms. The lowest BCUT2D eigenvalue weighted by molar-refractivity contribution is 0.400. The summed E-state index contributed by atoms with van der Waals surface area (Å²) in [5.74, 6) is 0. The predicted molar refractivity (Wildman–Crippen MR) is 94.9 cm³/mol. The Labute approximate surface area is 125 Å². The van der Waals surface area contributed by atoms with Crippen LogP contribution < -0.4 is 0 Å². The molecule has 0 spiro atoms. The lowest BCUT2D eigenvalue weighted by Crippen LogP contribution is -2.16. The molecule has 0 saturated heterocycles. The normalized spacial score (nSPS) is 7.84. The molecule has 0 amide bonds. The third-order valence-corrected chi connectivity index (χ3v) is 2.50. The number of allylic oxidation sites excluding steroid dienone is 1. The van der Waals surface area contributed by atoms with Gasteiger partial charge in [-0.25, -0.2) is 0 Å². The molecule has 0 saturated carbocycles. The topological polar surface area (TPSA) is 3.24 Å². The van der Waals surface area contributed by atoms with Gasteiger partial charge in [-0.1, -0.05) is 87.1 Å². The van der Waals surface area contributed by atoms with Crippen molar-refractivity contribution in [2.24, 2.45) is 0 Å². The fourth-order valence-corrected chi connectivity index (χ4v) is 1.32. The third kappa shape index (κ3) is 31.8. The standard InChI is InChI=1S/C12H25N.3C2H6/c1-5-6-7-8-9-10-11-13(4)12(2)3;3*1-2/h2,5-11H2,1,3-4H3;3*1-2H3. The molecule has 0 fully saturated rings. The maximum absolute atomic E-state index is 3.91. The molecule has 1 nitrogen and oxygen atoms in total. The molecule has 0 aliphatic rings. The van der Waals surface area contributed by atoms with Crippen molar-refractivity contribution >= 4 is 0 Å². The van der Waals surface area contributed by atoms with Crippen LogP contribution in [-0.2, 0) is 0 Å². The van der Waals surface area contributed by atoms with Gasteiger partial charge in [0, 0.05) is 19.3 Å². The summed E-state index contributed by atoms with van der Waals surface area (Å²) in [6, 6.07) is 0. The lowest BCUT2D eigenvalue weighted by Gasteiger charge is -2.18. The van der Waals surface area contributed by atoms with Gasteiger partial charge in [-0.15, -0.1) is 0 Å². The van der Waals surface area contributed by atoms with Crippen LogP contribution in [0.4, 0.5) is 0 Å². The highest BCUT2D eigenvalue weighted by atomic mass is 15.1. The van der Waals surface area contributed by atoms with Gasteiger partial charge in [0.2, 0.25) is 0 Å². The molecule has 1 heteroatoms. The molecule has 0 aliphatic carbocycles. The smallest absolute Gasteiger partial charge is 0.0171 e. The minimum Gasteiger partial charge on any atom is -0.379 e. The largest absolute Gasteiger partial charge is 0.379 e. The van der Waals surface area contributed by atoms with Gasteiger partial charge in [-0.3, -0.25) is 0 Å². The van der Waals surface area contributed by atoms with E-state index in [2.05, 4.69) is 32.4 Å². The fourth-order valence-electron chi connectivity index (χ4n) is 1.32. The first kappa shape index (κ1) is 27.0. The van der Waals surface area contributed by atoms with Gasteiger partial charge < -0.3 is 4.90 Å². The minimum absolute atomic E-state index is 1.17. The first-order valence-electron chi connectivity index (χ1n) is 8.55. The Morgan fingerprint density at radius 1 is 0.789 bits per heavy atom. The molecule has 0 aromatic rings. The van der Waals surface area contributed by atoms with E-state index in [1.807, 2.05) is 41.5 Å². The predicted octanol–water partition coefficient (Wildman–Crippen LogP) is 6.89. The van der Waals surface area contributed by atoms with E-state index in [4.69, 9.17) is 0 Å². The minimum atomic E-state index is 1.17. The van der Waals surface area contributed by atoms with E-state index in [9.17, 15) is 0 Å². The summed E-state index contributed by atoms with van der Waals surface area (Å²) in [7, 11) is 2.12. The Bertz CT molecular complexity index is 130. The van der Waals surface area contributed by atoms with E-state index in [0.717, 1.165) is 0 Å². The summed E-state index contributed by atoms with van der Waals surface area (Å²) in [4.78, 5) is 2.24. The molecular formula is C18H43N. The Hall–Kier alpha value is -0.460. The molecule has 0 aliphatic heterocycles. The Kier molecular flexibility index (Phi) is 43.3. The third-order valence-electron chi connectivity index (χ3n) is 2.50. The molecule has 0 atom stereocenters. The molecule has 0 rings (SSSR count). The summed E-state index contributed by atoms with van der Waals surface area (Å²) < 4.78 is 0. The highest BCUT2D eigenvalue weighted by Crippen LogP contribution is 2.06. The van der Waals surface area contributed by atoms with E-state index >= 15 is 0 Å². The lowest BCUT2D eigenvalue weighted by atomic mass is 10.1. The first-order valence-corrected chi connectivity index (χ1v) is 8.55. The van der Waals surface area contributed by atoms with Gasteiger partial charge in [0.15, 0.2) is 0 Å². The van der Waals surface area contributed by atoms with Crippen molar-refractivity contribution in [1.82, 2.24) is 4.90 Å². The zero-order chi connectivity index (χ0) is 16.1. The molecule has 0 N–H and O–H groups in total. The number of unbranched alkanes of at least 4 members (excludes halogenated alkanes) is 5. The van der Waals surface area contributed by atoms with Crippen LogP contribution in [0, 0.1) is 0 Å². The van der Waals surface area contributed by atoms with Gasteiger partial charge in [0.1, 0.15) is 0 Å². The second-order valence-electron chi connectivity index (χ2n) is 3.92. The van der Waals surface area contributed by atoms with E-state index in [1.54, 1.807) is 0 Å². The average Bonchev–Trinajstić information content (AvgIpc) is 2.48. The Morgan fingerprint density at radius 2 is 1.16 bits per heavy atom. The SMILES string of the molecule is C=C(C)N(C)CCCCCCCC.CC.CC.CC. The zero-order valence-corrected chi connectivity index (χ0v) is 15.6. The van der Waals surface area contributed by atoms with Crippen LogP contribution in [-0.4, -0.2) is 18.5 Å². The monoisotopic (exact) mass is 273 g/mol. The van der Waals surface area contributed by atoms with Gasteiger partial charge in [0.05, 0.1) is 0 Å². The summed E-state index contributed by atoms with van der Waals surface area (Å²) >= 11 is 0. The molecule has 120 valence electrons. The summed E-state index contributed by atoms with van der Waals surface area (Å²) in [6.45, 7) is 21.4. The van der Waals surface area contributed by atoms with Crippen LogP contribution in [0.2, 0.25) is 0 Å². The second-order valence-corrected chi connectivity index (χ2v) is 3.92. The maximum atomic E-state index is 3.91. The maximum Gasteiger partial charge on any atom is 0.0171 e. The zero-order valence-electron chi connectivity index (χ0n) is 15.6. The molecular weight excluding hydrogens is 230 g/mol. The average molecular weight is 274 g/mol. The molecule has 0 unspecified atom stereocenters. The summed E-state index contributed by atoms with van der Waals surface area (Å²) in [5.41, 5.74) is 1.17. The van der Waals surface area contributed by atoms with Crippen molar-refractivity contribution in [3.63, 3.8) is 0 Å². The van der Waals surface area contributed by atoms with Gasteiger partial charge in [0.25, 0.3) is 0 Å². The molecule has 0 aromatic heterocycles. The second kappa shape index (κ2) is 30.5. The van der Waals surface area contributed by atoms with Crippen molar-refractivity contribution < 1.29 is 0 Å². The first-order chi connectivity index (χ1) is 9.18. The van der Waals surface area contributed by atoms with E-state index < -0.39 is 0 Å². The Balaban J connectivity index is -0.000000163. The van der Waals surface area contributed by atoms with Crippen LogP contribution in [0.15, 0.2) is 12.3 Å². The quantitative estimate of drug-likeness (QED) is 0.435. The van der Waals surface area contributed by atoms with Crippen LogP contribution in [0.5, 0.6) is 0 Å². The number of hydrogen-bond donors (Lipinski definition) is 0. The molecule has 0 radical (unpaired) electrons. The van der Waals surface area contributed by atoms with Crippen LogP contribution >= 0.6 is 0 Å². The van der Waals surface area contributed by atoms with Crippen molar-refractivity contribution in [2.75, 3.05) is 13.6 Å². The molecule has 0 heterocycles. The van der Waals surface area contributed by atoms with Crippen LogP contribution in [0.3, 0.4) is 0 Å². The summed E-state index contributed by atoms with van der Waals surface area (Å²) in [6.07, 6.45) is 8.23. The number of nitrogens with zero attached hydrogens (tertiary/aromatic N) is 1. The number of hydrogen-bond acceptors (Lipinski definition) is 1. The van der Waals surface area contributed by atoms with Crippen molar-refractivity contribution in [1.29, 1.82) is 0 Å². The summed E-state index contributed by atoms with van der Waals surface area (Å²) in [5, 5.41) is 0. The van der Waals surface area contributed by atoms with E-state index in [-0.39, 0.29) is 0 Å². The molecule has 19 heavy (non-hydrogen) atoms.